The van der Waals surface area contributed by atoms with E-state index in [0.717, 1.165) is 31.8 Å². The highest BCUT2D eigenvalue weighted by Crippen LogP contribution is 2.52. The van der Waals surface area contributed by atoms with Gasteiger partial charge in [0.05, 0.1) is 6.54 Å². The first kappa shape index (κ1) is 24.4. The number of rotatable bonds is 6. The number of carbonyl (C=O) groups excluding carboxylic acids is 1. The van der Waals surface area contributed by atoms with Crippen LogP contribution in [0, 0.1) is 11.8 Å². The molecule has 2 fully saturated rings. The fraction of sp³-hybridized carbons (Fsp3) is 0.257. The topological polar surface area (TPSA) is 32.7 Å². The van der Waals surface area contributed by atoms with Crippen LogP contribution in [0.5, 0.6) is 0 Å². The molecule has 0 amide bonds. The lowest BCUT2D eigenvalue weighted by atomic mass is 9.56. The summed E-state index contributed by atoms with van der Waals surface area (Å²) in [6, 6.07) is 42.8. The van der Waals surface area contributed by atoms with Crippen molar-refractivity contribution in [3.8, 4) is 0 Å². The van der Waals surface area contributed by atoms with E-state index in [1.54, 1.807) is 0 Å². The lowest BCUT2D eigenvalue weighted by Crippen LogP contribution is -2.47. The van der Waals surface area contributed by atoms with E-state index in [-0.39, 0.29) is 17.3 Å². The minimum Gasteiger partial charge on any atom is -0.359 e. The molecular weight excluding hydrogens is 464 g/mol. The molecule has 4 aromatic rings. The Morgan fingerprint density at radius 2 is 1.24 bits per heavy atom. The minimum absolute atomic E-state index is 0.00172. The number of hydrogen-bond donors (Lipinski definition) is 0. The number of ketones is 1. The average molecular weight is 499 g/mol. The van der Waals surface area contributed by atoms with Gasteiger partial charge >= 0.3 is 0 Å². The zero-order valence-corrected chi connectivity index (χ0v) is 21.7. The van der Waals surface area contributed by atoms with Gasteiger partial charge in [-0.05, 0) is 28.7 Å². The minimum atomic E-state index is -0.187. The Balaban J connectivity index is 1.39. The molecule has 2 aliphatic rings. The Hall–Kier alpha value is -3.98. The van der Waals surface area contributed by atoms with Gasteiger partial charge in [-0.2, -0.15) is 0 Å². The molecule has 2 unspecified atom stereocenters. The summed E-state index contributed by atoms with van der Waals surface area (Å²) in [6.45, 7) is 2.22. The second-order valence-corrected chi connectivity index (χ2v) is 10.7. The van der Waals surface area contributed by atoms with Gasteiger partial charge in [0.2, 0.25) is 0 Å². The van der Waals surface area contributed by atoms with Crippen molar-refractivity contribution >= 4 is 11.6 Å². The van der Waals surface area contributed by atoms with Crippen LogP contribution in [-0.4, -0.2) is 29.6 Å². The van der Waals surface area contributed by atoms with Gasteiger partial charge in [0.25, 0.3) is 0 Å². The van der Waals surface area contributed by atoms with Crippen molar-refractivity contribution < 1.29 is 4.79 Å². The summed E-state index contributed by atoms with van der Waals surface area (Å²) in [4.78, 5) is 21.1. The van der Waals surface area contributed by atoms with Crippen molar-refractivity contribution in [3.05, 3.63) is 144 Å². The molecule has 1 heterocycles. The first-order valence-electron chi connectivity index (χ1n) is 13.7. The first-order chi connectivity index (χ1) is 18.7. The molecular formula is C35H34N2O. The summed E-state index contributed by atoms with van der Waals surface area (Å²) in [5.41, 5.74) is 4.90. The molecule has 190 valence electrons. The number of amidine groups is 1. The Labute approximate surface area is 225 Å². The fourth-order valence-electron chi connectivity index (χ4n) is 6.70. The molecule has 4 aromatic carbocycles. The normalized spacial score (nSPS) is 20.8. The molecule has 1 aliphatic carbocycles. The molecule has 6 rings (SSSR count). The van der Waals surface area contributed by atoms with E-state index in [1.807, 2.05) is 6.07 Å². The first-order valence-corrected chi connectivity index (χ1v) is 13.7. The van der Waals surface area contributed by atoms with Crippen LogP contribution >= 0.6 is 0 Å². The van der Waals surface area contributed by atoms with Crippen LogP contribution in [0.15, 0.2) is 126 Å². The van der Waals surface area contributed by atoms with E-state index >= 15 is 0 Å². The fourth-order valence-corrected chi connectivity index (χ4v) is 6.70. The van der Waals surface area contributed by atoms with Crippen LogP contribution in [0.1, 0.15) is 35.1 Å². The molecule has 1 aliphatic heterocycles. The van der Waals surface area contributed by atoms with Gasteiger partial charge in [0.1, 0.15) is 11.6 Å². The molecule has 3 nitrogen and oxygen atoms in total. The quantitative estimate of drug-likeness (QED) is 0.218. The second-order valence-electron chi connectivity index (χ2n) is 10.7. The van der Waals surface area contributed by atoms with E-state index in [4.69, 9.17) is 4.99 Å². The highest BCUT2D eigenvalue weighted by atomic mass is 16.1. The number of fused-ring (bicyclic) bond motifs is 1. The lowest BCUT2D eigenvalue weighted by molar-refractivity contribution is -0.126. The third kappa shape index (κ3) is 4.69. The van der Waals surface area contributed by atoms with E-state index in [0.29, 0.717) is 18.7 Å². The number of Topliss-reactive ketones (excluding diaryl/α,β-unsaturated/α-hetero) is 1. The van der Waals surface area contributed by atoms with Crippen molar-refractivity contribution in [2.45, 2.75) is 31.2 Å². The summed E-state index contributed by atoms with van der Waals surface area (Å²) in [7, 11) is 0. The Kier molecular flexibility index (Phi) is 6.92. The standard InChI is InChI=1S/C35H34N2O/c38-33-21-22-35(29-17-9-3-10-18-29,30-19-11-4-12-20-30)32-26-37(25-31(32)33)34(23-27-13-5-1-6-14-27)36-24-28-15-7-2-8-16-28/h1-20,31-32H,21-26H2. The predicted octanol–water partition coefficient (Wildman–Crippen LogP) is 6.73. The highest BCUT2D eigenvalue weighted by molar-refractivity contribution is 5.88. The molecule has 3 heteroatoms. The molecule has 1 saturated heterocycles. The van der Waals surface area contributed by atoms with Crippen LogP contribution in [0.4, 0.5) is 0 Å². The van der Waals surface area contributed by atoms with Crippen molar-refractivity contribution in [2.24, 2.45) is 16.8 Å². The summed E-state index contributed by atoms with van der Waals surface area (Å²) in [6.07, 6.45) is 2.24. The van der Waals surface area contributed by atoms with Crippen molar-refractivity contribution in [2.75, 3.05) is 13.1 Å². The number of aliphatic imine (C=N–C) groups is 1. The van der Waals surface area contributed by atoms with E-state index in [2.05, 4.69) is 120 Å². The van der Waals surface area contributed by atoms with Crippen LogP contribution in [0.3, 0.4) is 0 Å². The van der Waals surface area contributed by atoms with Crippen molar-refractivity contribution in [1.82, 2.24) is 4.90 Å². The number of carbonyl (C=O) groups is 1. The molecule has 0 aromatic heterocycles. The average Bonchev–Trinajstić information content (AvgIpc) is 3.45. The van der Waals surface area contributed by atoms with Gasteiger partial charge in [-0.1, -0.05) is 121 Å². The number of nitrogens with zero attached hydrogens (tertiary/aromatic N) is 2. The summed E-state index contributed by atoms with van der Waals surface area (Å²) < 4.78 is 0. The molecule has 1 saturated carbocycles. The molecule has 2 atom stereocenters. The SMILES string of the molecule is O=C1CCC(c2ccccc2)(c2ccccc2)C2CN(C(Cc3ccccc3)=NCc3ccccc3)CC12. The van der Waals surface area contributed by atoms with Crippen LogP contribution < -0.4 is 0 Å². The Bertz CT molecular complexity index is 1340. The van der Waals surface area contributed by atoms with Gasteiger partial charge in [0.15, 0.2) is 0 Å². The van der Waals surface area contributed by atoms with Gasteiger partial charge in [0, 0.05) is 43.2 Å². The monoisotopic (exact) mass is 498 g/mol. The molecule has 0 N–H and O–H groups in total. The van der Waals surface area contributed by atoms with E-state index < -0.39 is 0 Å². The molecule has 0 bridgehead atoms. The molecule has 0 spiro atoms. The summed E-state index contributed by atoms with van der Waals surface area (Å²) >= 11 is 0. The zero-order chi connectivity index (χ0) is 25.8. The predicted molar refractivity (Wildman–Crippen MR) is 154 cm³/mol. The Morgan fingerprint density at radius 3 is 1.82 bits per heavy atom. The number of benzene rings is 4. The molecule has 38 heavy (non-hydrogen) atoms. The molecule has 0 radical (unpaired) electrons. The van der Waals surface area contributed by atoms with E-state index in [9.17, 15) is 4.79 Å². The third-order valence-electron chi connectivity index (χ3n) is 8.57. The van der Waals surface area contributed by atoms with Gasteiger partial charge in [-0.3, -0.25) is 9.79 Å². The smallest absolute Gasteiger partial charge is 0.138 e. The number of hydrogen-bond acceptors (Lipinski definition) is 2. The Morgan fingerprint density at radius 1 is 0.711 bits per heavy atom. The summed E-state index contributed by atoms with van der Waals surface area (Å²) in [5.74, 6) is 1.69. The maximum absolute atomic E-state index is 13.5. The van der Waals surface area contributed by atoms with Gasteiger partial charge < -0.3 is 4.90 Å². The second kappa shape index (κ2) is 10.8. The van der Waals surface area contributed by atoms with E-state index in [1.165, 1.54) is 22.3 Å². The van der Waals surface area contributed by atoms with Crippen molar-refractivity contribution in [3.63, 3.8) is 0 Å². The van der Waals surface area contributed by atoms with Crippen molar-refractivity contribution in [1.29, 1.82) is 0 Å². The zero-order valence-electron chi connectivity index (χ0n) is 21.7. The number of likely N-dealkylation sites (tertiary alicyclic amines) is 1. The lowest BCUT2D eigenvalue weighted by Gasteiger charge is -2.45. The van der Waals surface area contributed by atoms with Crippen LogP contribution in [0.2, 0.25) is 0 Å². The maximum atomic E-state index is 13.5. The maximum Gasteiger partial charge on any atom is 0.138 e. The summed E-state index contributed by atoms with van der Waals surface area (Å²) in [5, 5.41) is 0. The highest BCUT2D eigenvalue weighted by Gasteiger charge is 2.54. The van der Waals surface area contributed by atoms with Gasteiger partial charge in [-0.25, -0.2) is 0 Å². The largest absolute Gasteiger partial charge is 0.359 e. The van der Waals surface area contributed by atoms with Crippen LogP contribution in [0.25, 0.3) is 0 Å². The third-order valence-corrected chi connectivity index (χ3v) is 8.57. The van der Waals surface area contributed by atoms with Crippen LogP contribution in [-0.2, 0) is 23.2 Å². The van der Waals surface area contributed by atoms with Gasteiger partial charge in [-0.15, -0.1) is 0 Å².